The van der Waals surface area contributed by atoms with Gasteiger partial charge in [0.1, 0.15) is 5.75 Å². The molecule has 0 aromatic heterocycles. The van der Waals surface area contributed by atoms with Crippen molar-refractivity contribution in [2.75, 3.05) is 39.0 Å². The summed E-state index contributed by atoms with van der Waals surface area (Å²) in [5.74, 6) is 0.357. The lowest BCUT2D eigenvalue weighted by atomic mass is 9.96. The van der Waals surface area contributed by atoms with Crippen LogP contribution in [-0.4, -0.2) is 76.9 Å². The average Bonchev–Trinajstić information content (AvgIpc) is 3.19. The Morgan fingerprint density at radius 2 is 1.67 bits per heavy atom. The Balaban J connectivity index is 0.000000392. The van der Waals surface area contributed by atoms with Crippen molar-refractivity contribution in [2.45, 2.75) is 24.3 Å². The molecule has 0 saturated carbocycles. The summed E-state index contributed by atoms with van der Waals surface area (Å²) >= 11 is 1.87. The van der Waals surface area contributed by atoms with Gasteiger partial charge < -0.3 is 24.7 Å². The summed E-state index contributed by atoms with van der Waals surface area (Å²) in [5.41, 5.74) is 2.08. The summed E-state index contributed by atoms with van der Waals surface area (Å²) in [4.78, 5) is 37.5. The number of piperidine rings is 1. The Hall–Kier alpha value is -3.30. The van der Waals surface area contributed by atoms with E-state index in [0.29, 0.717) is 18.1 Å². The zero-order valence-corrected chi connectivity index (χ0v) is 21.2. The molecule has 0 spiro atoms. The number of carbonyl (C=O) groups is 3. The van der Waals surface area contributed by atoms with Crippen molar-refractivity contribution in [1.82, 2.24) is 9.80 Å². The van der Waals surface area contributed by atoms with Gasteiger partial charge in [0.15, 0.2) is 0 Å². The number of benzene rings is 2. The van der Waals surface area contributed by atoms with Gasteiger partial charge in [-0.3, -0.25) is 4.79 Å². The molecule has 0 radical (unpaired) electrons. The van der Waals surface area contributed by atoms with E-state index in [1.165, 1.54) is 23.3 Å². The number of hydrogen-bond donors (Lipinski definition) is 2. The summed E-state index contributed by atoms with van der Waals surface area (Å²) < 4.78 is 5.43. The predicted molar refractivity (Wildman–Crippen MR) is 138 cm³/mol. The Morgan fingerprint density at radius 3 is 2.31 bits per heavy atom. The fraction of sp³-hybridized carbons (Fsp3) is 0.370. The van der Waals surface area contributed by atoms with E-state index in [1.54, 1.807) is 7.11 Å². The van der Waals surface area contributed by atoms with Crippen molar-refractivity contribution in [2.24, 2.45) is 5.92 Å². The van der Waals surface area contributed by atoms with Gasteiger partial charge in [-0.2, -0.15) is 0 Å². The number of carboxylic acids is 2. The molecule has 0 aliphatic carbocycles. The summed E-state index contributed by atoms with van der Waals surface area (Å²) in [6.07, 6.45) is 3.48. The van der Waals surface area contributed by atoms with E-state index >= 15 is 0 Å². The Bertz CT molecular complexity index is 1070. The highest BCUT2D eigenvalue weighted by Gasteiger charge is 2.30. The first kappa shape index (κ1) is 27.3. The Morgan fingerprint density at radius 1 is 1.03 bits per heavy atom. The quantitative estimate of drug-likeness (QED) is 0.385. The fourth-order valence-corrected chi connectivity index (χ4v) is 5.37. The molecule has 192 valence electrons. The summed E-state index contributed by atoms with van der Waals surface area (Å²) in [5, 5.41) is 15.6. The minimum atomic E-state index is -1.26. The van der Waals surface area contributed by atoms with E-state index in [-0.39, 0.29) is 5.91 Å². The number of aliphatic carboxylic acids is 2. The third-order valence-electron chi connectivity index (χ3n) is 6.18. The number of thioether (sulfide) groups is 1. The van der Waals surface area contributed by atoms with Gasteiger partial charge in [0.05, 0.1) is 7.11 Å². The molecule has 2 aromatic rings. The van der Waals surface area contributed by atoms with Gasteiger partial charge in [0.25, 0.3) is 5.91 Å². The molecule has 1 saturated heterocycles. The van der Waals surface area contributed by atoms with Gasteiger partial charge in [0, 0.05) is 48.0 Å². The number of carboxylic acid groups (broad SMARTS) is 2. The van der Waals surface area contributed by atoms with E-state index in [4.69, 9.17) is 14.9 Å². The first-order valence-electron chi connectivity index (χ1n) is 11.9. The van der Waals surface area contributed by atoms with Crippen LogP contribution in [0.15, 0.2) is 65.6 Å². The van der Waals surface area contributed by atoms with Crippen LogP contribution in [-0.2, 0) is 16.1 Å². The lowest BCUT2D eigenvalue weighted by Crippen LogP contribution is -2.39. The van der Waals surface area contributed by atoms with Crippen molar-refractivity contribution in [1.29, 1.82) is 0 Å². The van der Waals surface area contributed by atoms with Gasteiger partial charge in [-0.15, -0.1) is 11.8 Å². The minimum Gasteiger partial charge on any atom is -0.496 e. The molecule has 8 nitrogen and oxygen atoms in total. The van der Waals surface area contributed by atoms with Crippen LogP contribution in [0.4, 0.5) is 0 Å². The second kappa shape index (κ2) is 13.7. The number of para-hydroxylation sites is 1. The Kier molecular flexibility index (Phi) is 10.4. The zero-order chi connectivity index (χ0) is 25.9. The molecule has 0 atom stereocenters. The van der Waals surface area contributed by atoms with Crippen LogP contribution < -0.4 is 4.74 Å². The van der Waals surface area contributed by atoms with Gasteiger partial charge in [-0.1, -0.05) is 30.3 Å². The van der Waals surface area contributed by atoms with Crippen molar-refractivity contribution >= 4 is 29.6 Å². The lowest BCUT2D eigenvalue weighted by Gasteiger charge is -2.33. The molecule has 1 fully saturated rings. The number of carbonyl (C=O) groups excluding carboxylic acids is 1. The standard InChI is InChI=1S/C23H28N2O2S.C4H4O4/c1-27-21-8-4-5-9-22(21)28-15-14-24-12-10-18(11-13-24)16-25-17-19-6-2-3-7-20(19)23(25)26;5-3(6)1-2-4(7)8/h2-9,18H,10-17H2,1H3;1-2H,(H,5,6)(H,7,8). The largest absolute Gasteiger partial charge is 0.496 e. The topological polar surface area (TPSA) is 107 Å². The van der Waals surface area contributed by atoms with Crippen LogP contribution in [0.3, 0.4) is 0 Å². The van der Waals surface area contributed by atoms with Crippen LogP contribution >= 0.6 is 11.8 Å². The maximum Gasteiger partial charge on any atom is 0.328 e. The molecular formula is C27H32N2O6S. The number of methoxy groups -OCH3 is 1. The summed E-state index contributed by atoms with van der Waals surface area (Å²) in [6, 6.07) is 16.2. The van der Waals surface area contributed by atoms with Gasteiger partial charge in [0.2, 0.25) is 0 Å². The van der Waals surface area contributed by atoms with Crippen molar-refractivity contribution in [3.05, 3.63) is 71.8 Å². The highest BCUT2D eigenvalue weighted by Crippen LogP contribution is 2.29. The zero-order valence-electron chi connectivity index (χ0n) is 20.3. The van der Waals surface area contributed by atoms with Gasteiger partial charge in [-0.25, -0.2) is 9.59 Å². The third kappa shape index (κ3) is 8.13. The molecule has 2 heterocycles. The number of fused-ring (bicyclic) bond motifs is 1. The van der Waals surface area contributed by atoms with Crippen LogP contribution in [0.2, 0.25) is 0 Å². The van der Waals surface area contributed by atoms with Crippen LogP contribution in [0, 0.1) is 5.92 Å². The second-order valence-corrected chi connectivity index (χ2v) is 9.77. The third-order valence-corrected chi connectivity index (χ3v) is 7.22. The van der Waals surface area contributed by atoms with Crippen LogP contribution in [0.25, 0.3) is 0 Å². The lowest BCUT2D eigenvalue weighted by molar-refractivity contribution is -0.134. The smallest absolute Gasteiger partial charge is 0.328 e. The monoisotopic (exact) mass is 512 g/mol. The van der Waals surface area contributed by atoms with Crippen molar-refractivity contribution in [3.63, 3.8) is 0 Å². The first-order valence-corrected chi connectivity index (χ1v) is 12.8. The molecule has 0 unspecified atom stereocenters. The first-order chi connectivity index (χ1) is 17.4. The summed E-state index contributed by atoms with van der Waals surface area (Å²) in [7, 11) is 1.73. The van der Waals surface area contributed by atoms with Crippen LogP contribution in [0.1, 0.15) is 28.8 Å². The van der Waals surface area contributed by atoms with Crippen molar-refractivity contribution < 1.29 is 29.3 Å². The molecule has 2 aromatic carbocycles. The van der Waals surface area contributed by atoms with Crippen LogP contribution in [0.5, 0.6) is 5.75 Å². The average molecular weight is 513 g/mol. The van der Waals surface area contributed by atoms with E-state index in [2.05, 4.69) is 23.1 Å². The molecule has 2 N–H and O–H groups in total. The predicted octanol–water partition coefficient (Wildman–Crippen LogP) is 3.87. The number of ether oxygens (including phenoxy) is 1. The number of likely N-dealkylation sites (tertiary alicyclic amines) is 1. The van der Waals surface area contributed by atoms with E-state index in [9.17, 15) is 14.4 Å². The van der Waals surface area contributed by atoms with Crippen molar-refractivity contribution in [3.8, 4) is 5.75 Å². The second-order valence-electron chi connectivity index (χ2n) is 8.64. The molecular weight excluding hydrogens is 480 g/mol. The molecule has 2 aliphatic rings. The highest BCUT2D eigenvalue weighted by atomic mass is 32.2. The molecule has 9 heteroatoms. The highest BCUT2D eigenvalue weighted by molar-refractivity contribution is 7.99. The molecule has 1 amide bonds. The van der Waals surface area contributed by atoms with E-state index in [0.717, 1.165) is 49.8 Å². The normalized spacial score (nSPS) is 15.9. The Labute approximate surface area is 215 Å². The van der Waals surface area contributed by atoms with Gasteiger partial charge in [-0.05, 0) is 55.6 Å². The SMILES string of the molecule is COc1ccccc1SCCN1CCC(CN2Cc3ccccc3C2=O)CC1.O=C(O)C=CC(=O)O. The molecule has 36 heavy (non-hydrogen) atoms. The molecule has 4 rings (SSSR count). The fourth-order valence-electron chi connectivity index (χ4n) is 4.33. The maximum atomic E-state index is 12.6. The molecule has 2 aliphatic heterocycles. The summed E-state index contributed by atoms with van der Waals surface area (Å²) in [6.45, 7) is 5.05. The minimum absolute atomic E-state index is 0.214. The number of amides is 1. The number of nitrogens with zero attached hydrogens (tertiary/aromatic N) is 2. The number of hydrogen-bond acceptors (Lipinski definition) is 6. The number of rotatable bonds is 9. The molecule has 0 bridgehead atoms. The van der Waals surface area contributed by atoms with E-state index in [1.807, 2.05) is 47.0 Å². The van der Waals surface area contributed by atoms with Gasteiger partial charge >= 0.3 is 11.9 Å². The van der Waals surface area contributed by atoms with E-state index < -0.39 is 11.9 Å². The maximum absolute atomic E-state index is 12.6.